The average Bonchev–Trinajstić information content (AvgIpc) is 3.00. The van der Waals surface area contributed by atoms with Gasteiger partial charge in [0.05, 0.1) is 10.5 Å². The normalized spacial score (nSPS) is 14.0. The number of ether oxygens (including phenoxy) is 1. The van der Waals surface area contributed by atoms with Crippen LogP contribution in [-0.4, -0.2) is 31.5 Å². The Morgan fingerprint density at radius 2 is 1.38 bits per heavy atom. The smallest absolute Gasteiger partial charge is 0.344 e. The topological polar surface area (TPSA) is 80.8 Å². The number of benzene rings is 5. The van der Waals surface area contributed by atoms with Crippen molar-refractivity contribution in [2.45, 2.75) is 4.90 Å². The van der Waals surface area contributed by atoms with Gasteiger partial charge >= 0.3 is 5.97 Å². The molecule has 6 nitrogen and oxygen atoms in total. The molecule has 1 aliphatic rings. The summed E-state index contributed by atoms with van der Waals surface area (Å²) >= 11 is 0. The van der Waals surface area contributed by atoms with Crippen LogP contribution in [0.25, 0.3) is 27.7 Å². The van der Waals surface area contributed by atoms with Crippen molar-refractivity contribution < 1.29 is 31.5 Å². The number of hydrogen-bond donors (Lipinski definition) is 0. The molecule has 0 amide bonds. The molecule has 6 rings (SSSR count). The number of allylic oxidation sites excluding steroid dienone is 1. The van der Waals surface area contributed by atoms with Gasteiger partial charge in [-0.15, -0.1) is 0 Å². The zero-order chi connectivity index (χ0) is 29.6. The van der Waals surface area contributed by atoms with E-state index >= 15 is 0 Å². The highest BCUT2D eigenvalue weighted by molar-refractivity contribution is 7.89. The Hall–Kier alpha value is -5.15. The van der Waals surface area contributed by atoms with Crippen LogP contribution in [0.1, 0.15) is 26.3 Å². The number of nitrogens with zero attached hydrogens (tertiary/aromatic N) is 1. The molecule has 0 aliphatic carbocycles. The number of fused-ring (bicyclic) bond motifs is 2. The van der Waals surface area contributed by atoms with E-state index in [0.29, 0.717) is 5.56 Å². The van der Waals surface area contributed by atoms with E-state index in [1.807, 2.05) is 24.3 Å². The SMILES string of the molecule is CN1C(C(=O)c2ccc3ccccc3c2)=C(OC(=O)c2ccc(F)cc2-c2ccc(F)cc2)c2ccccc2S1(=O)=O. The highest BCUT2D eigenvalue weighted by Crippen LogP contribution is 2.39. The van der Waals surface area contributed by atoms with Crippen molar-refractivity contribution in [3.05, 3.63) is 143 Å². The fourth-order valence-electron chi connectivity index (χ4n) is 4.94. The molecule has 0 saturated carbocycles. The third-order valence-electron chi connectivity index (χ3n) is 7.08. The van der Waals surface area contributed by atoms with Crippen LogP contribution >= 0.6 is 0 Å². The fraction of sp³-hybridized carbons (Fsp3) is 0.0303. The largest absolute Gasteiger partial charge is 0.420 e. The number of halogens is 2. The maximum atomic E-state index is 14.3. The van der Waals surface area contributed by atoms with E-state index in [1.54, 1.807) is 24.3 Å². The van der Waals surface area contributed by atoms with E-state index < -0.39 is 33.4 Å². The Morgan fingerprint density at radius 3 is 2.14 bits per heavy atom. The molecule has 1 heterocycles. The van der Waals surface area contributed by atoms with Gasteiger partial charge in [0.25, 0.3) is 10.0 Å². The molecular weight excluding hydrogens is 560 g/mol. The fourth-order valence-corrected chi connectivity index (χ4v) is 6.33. The standard InChI is InChI=1S/C33H21F2NO5S/c1-36-30(31(37)23-11-10-20-6-2-3-7-22(20)18-23)32(27-8-4-5-9-29(27)42(36,39)40)41-33(38)26-17-16-25(35)19-28(26)21-12-14-24(34)15-13-21/h2-19H,1H3. The lowest BCUT2D eigenvalue weighted by Gasteiger charge is -2.30. The van der Waals surface area contributed by atoms with Crippen LogP contribution < -0.4 is 0 Å². The van der Waals surface area contributed by atoms with Gasteiger partial charge in [-0.1, -0.05) is 60.7 Å². The number of likely N-dealkylation sites (N-methyl/N-ethyl adjacent to an activating group) is 1. The van der Waals surface area contributed by atoms with Crippen LogP contribution in [0.4, 0.5) is 8.78 Å². The van der Waals surface area contributed by atoms with Crippen LogP contribution in [0.5, 0.6) is 0 Å². The van der Waals surface area contributed by atoms with Crippen molar-refractivity contribution in [3.63, 3.8) is 0 Å². The first-order valence-corrected chi connectivity index (χ1v) is 14.2. The highest BCUT2D eigenvalue weighted by atomic mass is 32.2. The summed E-state index contributed by atoms with van der Waals surface area (Å²) in [5, 5.41) is 1.65. The number of sulfonamides is 1. The molecule has 0 unspecified atom stereocenters. The van der Waals surface area contributed by atoms with Crippen LogP contribution in [0.15, 0.2) is 120 Å². The predicted molar refractivity (Wildman–Crippen MR) is 154 cm³/mol. The minimum atomic E-state index is -4.18. The van der Waals surface area contributed by atoms with Crippen molar-refractivity contribution in [2.75, 3.05) is 7.05 Å². The first-order valence-electron chi connectivity index (χ1n) is 12.8. The Labute approximate surface area is 240 Å². The molecule has 5 aromatic carbocycles. The first kappa shape index (κ1) is 27.0. The lowest BCUT2D eigenvalue weighted by molar-refractivity contribution is 0.0687. The van der Waals surface area contributed by atoms with Gasteiger partial charge in [-0.25, -0.2) is 22.0 Å². The third-order valence-corrected chi connectivity index (χ3v) is 8.89. The number of carbonyl (C=O) groups is 2. The van der Waals surface area contributed by atoms with Crippen LogP contribution in [-0.2, 0) is 14.8 Å². The quantitative estimate of drug-likeness (QED) is 0.168. The first-order chi connectivity index (χ1) is 20.1. The van der Waals surface area contributed by atoms with Gasteiger partial charge < -0.3 is 4.74 Å². The predicted octanol–water partition coefficient (Wildman–Crippen LogP) is 6.83. The van der Waals surface area contributed by atoms with Crippen LogP contribution in [0, 0.1) is 11.6 Å². The summed E-state index contributed by atoms with van der Waals surface area (Å²) in [7, 11) is -2.96. The van der Waals surface area contributed by atoms with Crippen molar-refractivity contribution in [1.82, 2.24) is 4.31 Å². The maximum Gasteiger partial charge on any atom is 0.344 e. The summed E-state index contributed by atoms with van der Waals surface area (Å²) in [5.41, 5.74) is 0.274. The Balaban J connectivity index is 1.52. The van der Waals surface area contributed by atoms with Crippen LogP contribution in [0.3, 0.4) is 0 Å². The minimum Gasteiger partial charge on any atom is -0.420 e. The lowest BCUT2D eigenvalue weighted by atomic mass is 9.99. The molecular formula is C33H21F2NO5S. The van der Waals surface area contributed by atoms with E-state index in [2.05, 4.69) is 0 Å². The van der Waals surface area contributed by atoms with Gasteiger partial charge in [-0.3, -0.25) is 9.10 Å². The van der Waals surface area contributed by atoms with Gasteiger partial charge in [0, 0.05) is 18.2 Å². The number of hydrogen-bond acceptors (Lipinski definition) is 5. The second-order valence-corrected chi connectivity index (χ2v) is 11.6. The third kappa shape index (κ3) is 4.63. The zero-order valence-corrected chi connectivity index (χ0v) is 22.9. The van der Waals surface area contributed by atoms with E-state index in [1.165, 1.54) is 55.6 Å². The minimum absolute atomic E-state index is 0.0264. The molecule has 208 valence electrons. The number of carbonyl (C=O) groups excluding carboxylic acids is 2. The van der Waals surface area contributed by atoms with Gasteiger partial charge in [0.2, 0.25) is 5.78 Å². The molecule has 0 saturated heterocycles. The summed E-state index contributed by atoms with van der Waals surface area (Å²) in [6.07, 6.45) is 0. The van der Waals surface area contributed by atoms with Gasteiger partial charge in [-0.05, 0) is 70.4 Å². The summed E-state index contributed by atoms with van der Waals surface area (Å²) in [6.45, 7) is 0. The summed E-state index contributed by atoms with van der Waals surface area (Å²) in [5.74, 6) is -3.05. The summed E-state index contributed by atoms with van der Waals surface area (Å²) in [6, 6.07) is 26.8. The molecule has 1 aliphatic heterocycles. The molecule has 5 aromatic rings. The highest BCUT2D eigenvalue weighted by Gasteiger charge is 2.40. The average molecular weight is 582 g/mol. The molecule has 0 bridgehead atoms. The molecule has 42 heavy (non-hydrogen) atoms. The Kier molecular flexibility index (Phi) is 6.67. The molecule has 0 atom stereocenters. The van der Waals surface area contributed by atoms with Crippen molar-refractivity contribution in [2.24, 2.45) is 0 Å². The molecule has 0 N–H and O–H groups in total. The van der Waals surface area contributed by atoms with Gasteiger partial charge in [-0.2, -0.15) is 0 Å². The summed E-state index contributed by atoms with van der Waals surface area (Å²) < 4.78 is 61.5. The Morgan fingerprint density at radius 1 is 0.714 bits per heavy atom. The van der Waals surface area contributed by atoms with E-state index in [-0.39, 0.29) is 38.6 Å². The molecule has 0 fully saturated rings. The monoisotopic (exact) mass is 581 g/mol. The van der Waals surface area contributed by atoms with Crippen molar-refractivity contribution in [1.29, 1.82) is 0 Å². The number of rotatable bonds is 5. The number of ketones is 1. The number of esters is 1. The molecule has 0 aromatic heterocycles. The zero-order valence-electron chi connectivity index (χ0n) is 22.0. The Bertz CT molecular complexity index is 2050. The van der Waals surface area contributed by atoms with E-state index in [9.17, 15) is 26.8 Å². The molecule has 0 spiro atoms. The second-order valence-electron chi connectivity index (χ2n) is 9.62. The van der Waals surface area contributed by atoms with Gasteiger partial charge in [0.15, 0.2) is 5.76 Å². The van der Waals surface area contributed by atoms with E-state index in [4.69, 9.17) is 4.74 Å². The second kappa shape index (κ2) is 10.4. The van der Waals surface area contributed by atoms with Gasteiger partial charge in [0.1, 0.15) is 17.3 Å². The number of Topliss-reactive ketones (excluding diaryl/α,β-unsaturated/α-hetero) is 1. The molecule has 9 heteroatoms. The van der Waals surface area contributed by atoms with Crippen molar-refractivity contribution >= 4 is 38.3 Å². The lowest BCUT2D eigenvalue weighted by Crippen LogP contribution is -2.36. The van der Waals surface area contributed by atoms with Crippen molar-refractivity contribution in [3.8, 4) is 11.1 Å². The van der Waals surface area contributed by atoms with Crippen LogP contribution in [0.2, 0.25) is 0 Å². The molecule has 0 radical (unpaired) electrons. The van der Waals surface area contributed by atoms with E-state index in [0.717, 1.165) is 27.2 Å². The maximum absolute atomic E-state index is 14.3. The summed E-state index contributed by atoms with van der Waals surface area (Å²) in [4.78, 5) is 27.6.